The van der Waals surface area contributed by atoms with Crippen LogP contribution in [0.25, 0.3) is 0 Å². The number of rotatable bonds is 4. The van der Waals surface area contributed by atoms with E-state index in [1.165, 1.54) is 5.56 Å². The van der Waals surface area contributed by atoms with Gasteiger partial charge in [0.05, 0.1) is 12.8 Å². The van der Waals surface area contributed by atoms with Gasteiger partial charge >= 0.3 is 0 Å². The Balaban J connectivity index is 2.02. The van der Waals surface area contributed by atoms with Crippen molar-refractivity contribution in [3.05, 3.63) is 52.9 Å². The predicted molar refractivity (Wildman–Crippen MR) is 69.0 cm³/mol. The van der Waals surface area contributed by atoms with Crippen molar-refractivity contribution in [1.29, 1.82) is 0 Å². The molecule has 2 aromatic rings. The van der Waals surface area contributed by atoms with Crippen molar-refractivity contribution in [3.63, 3.8) is 0 Å². The molecule has 0 saturated heterocycles. The predicted octanol–water partition coefficient (Wildman–Crippen LogP) is 2.91. The summed E-state index contributed by atoms with van der Waals surface area (Å²) in [5.74, 6) is 0.824. The van der Waals surface area contributed by atoms with Crippen LogP contribution in [-0.4, -0.2) is 15.1 Å². The van der Waals surface area contributed by atoms with Crippen molar-refractivity contribution >= 4 is 23.4 Å². The van der Waals surface area contributed by atoms with Gasteiger partial charge in [-0.15, -0.1) is 11.8 Å². The van der Waals surface area contributed by atoms with Crippen molar-refractivity contribution in [2.75, 3.05) is 0 Å². The number of aliphatic hydroxyl groups excluding tert-OH is 1. The fourth-order valence-corrected chi connectivity index (χ4v) is 2.32. The van der Waals surface area contributed by atoms with E-state index in [9.17, 15) is 0 Å². The highest BCUT2D eigenvalue weighted by Crippen LogP contribution is 2.22. The van der Waals surface area contributed by atoms with Crippen LogP contribution in [0, 0.1) is 0 Å². The van der Waals surface area contributed by atoms with Crippen molar-refractivity contribution in [3.8, 4) is 0 Å². The lowest BCUT2D eigenvalue weighted by atomic mass is 10.2. The van der Waals surface area contributed by atoms with Crippen molar-refractivity contribution in [1.82, 2.24) is 9.97 Å². The number of nitrogens with zero attached hydrogens (tertiary/aromatic N) is 2. The van der Waals surface area contributed by atoms with Crippen LogP contribution in [-0.2, 0) is 12.4 Å². The molecule has 0 aliphatic carbocycles. The summed E-state index contributed by atoms with van der Waals surface area (Å²) in [5, 5.41) is 9.95. The monoisotopic (exact) mass is 266 g/mol. The van der Waals surface area contributed by atoms with Crippen LogP contribution in [0.4, 0.5) is 0 Å². The maximum atomic E-state index is 8.92. The fraction of sp³-hybridized carbons (Fsp3) is 0.167. The highest BCUT2D eigenvalue weighted by Gasteiger charge is 2.04. The summed E-state index contributed by atoms with van der Waals surface area (Å²) in [7, 11) is 0. The van der Waals surface area contributed by atoms with Gasteiger partial charge in [-0.25, -0.2) is 4.98 Å². The van der Waals surface area contributed by atoms with E-state index in [-0.39, 0.29) is 11.8 Å². The minimum atomic E-state index is -0.185. The Morgan fingerprint density at radius 2 is 2.00 bits per heavy atom. The summed E-state index contributed by atoms with van der Waals surface area (Å²) in [5.41, 5.74) is 1.64. The quantitative estimate of drug-likeness (QED) is 0.865. The molecule has 1 aromatic carbocycles. The standard InChI is InChI=1S/C12H11ClN2OS/c13-12-10(7-16)14-6-11(15-12)17-8-9-4-2-1-3-5-9/h1-6,16H,7-8H2. The average molecular weight is 267 g/mol. The van der Waals surface area contributed by atoms with E-state index < -0.39 is 0 Å². The molecule has 0 atom stereocenters. The van der Waals surface area contributed by atoms with Gasteiger partial charge in [0, 0.05) is 5.75 Å². The Morgan fingerprint density at radius 3 is 2.65 bits per heavy atom. The Morgan fingerprint density at radius 1 is 1.24 bits per heavy atom. The lowest BCUT2D eigenvalue weighted by Gasteiger charge is -2.03. The molecule has 5 heteroatoms. The van der Waals surface area contributed by atoms with E-state index in [0.717, 1.165) is 10.8 Å². The number of hydrogen-bond acceptors (Lipinski definition) is 4. The molecule has 0 fully saturated rings. The van der Waals surface area contributed by atoms with E-state index in [1.807, 2.05) is 18.2 Å². The van der Waals surface area contributed by atoms with Crippen LogP contribution < -0.4 is 0 Å². The summed E-state index contributed by atoms with van der Waals surface area (Å²) in [6, 6.07) is 10.1. The Hall–Kier alpha value is -1.10. The molecule has 0 radical (unpaired) electrons. The van der Waals surface area contributed by atoms with E-state index in [4.69, 9.17) is 16.7 Å². The molecule has 1 N–H and O–H groups in total. The molecule has 0 saturated carbocycles. The van der Waals surface area contributed by atoms with E-state index in [1.54, 1.807) is 18.0 Å². The van der Waals surface area contributed by atoms with Crippen molar-refractivity contribution in [2.45, 2.75) is 17.4 Å². The zero-order valence-electron chi connectivity index (χ0n) is 9.01. The normalized spacial score (nSPS) is 10.5. The van der Waals surface area contributed by atoms with Gasteiger partial charge in [0.25, 0.3) is 0 Å². The molecular weight excluding hydrogens is 256 g/mol. The second-order valence-corrected chi connectivity index (χ2v) is 4.73. The molecule has 0 bridgehead atoms. The second kappa shape index (κ2) is 6.00. The maximum Gasteiger partial charge on any atom is 0.154 e. The van der Waals surface area contributed by atoms with Gasteiger partial charge in [-0.2, -0.15) is 0 Å². The number of aromatic nitrogens is 2. The third-order valence-corrected chi connectivity index (χ3v) is 3.43. The van der Waals surface area contributed by atoms with E-state index in [0.29, 0.717) is 5.69 Å². The smallest absolute Gasteiger partial charge is 0.154 e. The third-order valence-electron chi connectivity index (χ3n) is 2.16. The summed E-state index contributed by atoms with van der Waals surface area (Å²) >= 11 is 7.43. The topological polar surface area (TPSA) is 46.0 Å². The number of benzene rings is 1. The molecule has 0 unspecified atom stereocenters. The minimum Gasteiger partial charge on any atom is -0.390 e. The molecule has 0 spiro atoms. The van der Waals surface area contributed by atoms with Gasteiger partial charge in [0.15, 0.2) is 5.15 Å². The van der Waals surface area contributed by atoms with Gasteiger partial charge < -0.3 is 5.11 Å². The summed E-state index contributed by atoms with van der Waals surface area (Å²) < 4.78 is 0. The lowest BCUT2D eigenvalue weighted by molar-refractivity contribution is 0.276. The summed E-state index contributed by atoms with van der Waals surface area (Å²) in [6.45, 7) is -0.185. The minimum absolute atomic E-state index is 0.185. The van der Waals surface area contributed by atoms with Crippen LogP contribution in [0.1, 0.15) is 11.3 Å². The van der Waals surface area contributed by atoms with Gasteiger partial charge in [-0.1, -0.05) is 41.9 Å². The van der Waals surface area contributed by atoms with Gasteiger partial charge in [-0.05, 0) is 5.56 Å². The van der Waals surface area contributed by atoms with Crippen LogP contribution >= 0.6 is 23.4 Å². The second-order valence-electron chi connectivity index (χ2n) is 3.38. The Kier molecular flexibility index (Phi) is 4.36. The summed E-state index contributed by atoms with van der Waals surface area (Å²) in [4.78, 5) is 8.21. The first-order valence-corrected chi connectivity index (χ1v) is 6.45. The molecule has 0 amide bonds. The zero-order chi connectivity index (χ0) is 12.1. The number of hydrogen-bond donors (Lipinski definition) is 1. The molecule has 0 aliphatic rings. The molecule has 1 aromatic heterocycles. The van der Waals surface area contributed by atoms with E-state index in [2.05, 4.69) is 22.1 Å². The highest BCUT2D eigenvalue weighted by atomic mass is 35.5. The molecule has 2 rings (SSSR count). The van der Waals surface area contributed by atoms with Crippen LogP contribution in [0.15, 0.2) is 41.6 Å². The van der Waals surface area contributed by atoms with Crippen molar-refractivity contribution < 1.29 is 5.11 Å². The molecular formula is C12H11ClN2OS. The molecule has 3 nitrogen and oxygen atoms in total. The van der Waals surface area contributed by atoms with E-state index >= 15 is 0 Å². The largest absolute Gasteiger partial charge is 0.390 e. The van der Waals surface area contributed by atoms with Gasteiger partial charge in [-0.3, -0.25) is 4.98 Å². The van der Waals surface area contributed by atoms with Crippen molar-refractivity contribution in [2.24, 2.45) is 0 Å². The van der Waals surface area contributed by atoms with Crippen LogP contribution in [0.5, 0.6) is 0 Å². The fourth-order valence-electron chi connectivity index (χ4n) is 1.28. The number of thioether (sulfide) groups is 1. The van der Waals surface area contributed by atoms with Crippen LogP contribution in [0.2, 0.25) is 5.15 Å². The van der Waals surface area contributed by atoms with Crippen LogP contribution in [0.3, 0.4) is 0 Å². The number of aliphatic hydroxyl groups is 1. The maximum absolute atomic E-state index is 8.92. The Bertz CT molecular complexity index is 493. The first kappa shape index (κ1) is 12.4. The zero-order valence-corrected chi connectivity index (χ0v) is 10.6. The average Bonchev–Trinajstić information content (AvgIpc) is 2.38. The van der Waals surface area contributed by atoms with Gasteiger partial charge in [0.2, 0.25) is 0 Å². The highest BCUT2D eigenvalue weighted by molar-refractivity contribution is 7.98. The first-order valence-electron chi connectivity index (χ1n) is 5.08. The molecule has 17 heavy (non-hydrogen) atoms. The first-order chi connectivity index (χ1) is 8.29. The number of halogens is 1. The van der Waals surface area contributed by atoms with Gasteiger partial charge in [0.1, 0.15) is 10.7 Å². The third kappa shape index (κ3) is 3.43. The SMILES string of the molecule is OCc1ncc(SCc2ccccc2)nc1Cl. The Labute approximate surface area is 109 Å². The lowest BCUT2D eigenvalue weighted by Crippen LogP contribution is -1.94. The molecule has 88 valence electrons. The molecule has 1 heterocycles. The molecule has 0 aliphatic heterocycles. The summed E-state index contributed by atoms with van der Waals surface area (Å²) in [6.07, 6.45) is 1.63.